The highest BCUT2D eigenvalue weighted by atomic mass is 16.6. The summed E-state index contributed by atoms with van der Waals surface area (Å²) in [6, 6.07) is 10.4. The predicted molar refractivity (Wildman–Crippen MR) is 153 cm³/mol. The number of nitrogens with zero attached hydrogens (tertiary/aromatic N) is 2. The molecular formula is C29H40N4O7. The van der Waals surface area contributed by atoms with Gasteiger partial charge in [-0.3, -0.25) is 14.9 Å². The number of nitro groups is 1. The van der Waals surface area contributed by atoms with Gasteiger partial charge in [0.05, 0.1) is 18.6 Å². The van der Waals surface area contributed by atoms with Crippen LogP contribution in [0.25, 0.3) is 0 Å². The number of aryl methyl sites for hydroxylation is 1. The molecule has 0 spiro atoms. The monoisotopic (exact) mass is 556 g/mol. The topological polar surface area (TPSA) is 132 Å². The summed E-state index contributed by atoms with van der Waals surface area (Å²) in [5, 5.41) is 18.2. The number of likely N-dealkylation sites (N-methyl/N-ethyl adjacent to an activating group) is 1. The second kappa shape index (κ2) is 13.4. The van der Waals surface area contributed by atoms with Crippen LogP contribution in [0.3, 0.4) is 0 Å². The van der Waals surface area contributed by atoms with E-state index >= 15 is 0 Å². The summed E-state index contributed by atoms with van der Waals surface area (Å²) in [7, 11) is 3.18. The summed E-state index contributed by atoms with van der Waals surface area (Å²) in [6.07, 6.45) is 2.21. The molecule has 0 unspecified atom stereocenters. The average molecular weight is 557 g/mol. The van der Waals surface area contributed by atoms with Gasteiger partial charge in [0, 0.05) is 30.8 Å². The van der Waals surface area contributed by atoms with Gasteiger partial charge in [-0.05, 0) is 77.1 Å². The number of para-hydroxylation sites is 1. The molecule has 2 aromatic carbocycles. The summed E-state index contributed by atoms with van der Waals surface area (Å²) in [5.41, 5.74) is 1.27. The standard InChI is InChI=1S/C29H40N4O7/c1-19-10-13-22(18-25(19)38-6)31-27(34)20-11-14-21(15-12-20)30-23-8-7-9-24(26(23)33(36)37)39-17-16-32(5)28(35)40-29(2,3)4/h7-10,13,18,20-21,30H,11-12,14-17H2,1-6H3,(H,31,34). The predicted octanol–water partition coefficient (Wildman–Crippen LogP) is 5.77. The van der Waals surface area contributed by atoms with Crippen LogP contribution in [0.1, 0.15) is 52.0 Å². The molecule has 1 aliphatic carbocycles. The normalized spacial score (nSPS) is 16.9. The maximum atomic E-state index is 12.9. The Balaban J connectivity index is 1.55. The van der Waals surface area contributed by atoms with Crippen molar-refractivity contribution in [1.82, 2.24) is 4.90 Å². The van der Waals surface area contributed by atoms with E-state index in [1.165, 1.54) is 11.0 Å². The van der Waals surface area contributed by atoms with Crippen molar-refractivity contribution in [2.75, 3.05) is 37.9 Å². The van der Waals surface area contributed by atoms with Crippen molar-refractivity contribution in [2.24, 2.45) is 5.92 Å². The third kappa shape index (κ3) is 8.49. The van der Waals surface area contributed by atoms with E-state index in [1.807, 2.05) is 25.1 Å². The number of benzene rings is 2. The van der Waals surface area contributed by atoms with E-state index in [0.29, 0.717) is 42.8 Å². The largest absolute Gasteiger partial charge is 0.496 e. The average Bonchev–Trinajstić information content (AvgIpc) is 2.89. The molecule has 2 amide bonds. The molecule has 11 heteroatoms. The van der Waals surface area contributed by atoms with Crippen LogP contribution in [0.2, 0.25) is 0 Å². The number of carbonyl (C=O) groups excluding carboxylic acids is 2. The third-order valence-electron chi connectivity index (χ3n) is 6.70. The number of hydrogen-bond donors (Lipinski definition) is 2. The molecule has 2 aromatic rings. The maximum absolute atomic E-state index is 12.9. The summed E-state index contributed by atoms with van der Waals surface area (Å²) in [4.78, 5) is 37.9. The number of nitro benzene ring substituents is 1. The van der Waals surface area contributed by atoms with Crippen LogP contribution >= 0.6 is 0 Å². The lowest BCUT2D eigenvalue weighted by Gasteiger charge is -2.29. The molecule has 3 rings (SSSR count). The Morgan fingerprint density at radius 2 is 1.80 bits per heavy atom. The number of methoxy groups -OCH3 is 1. The second-order valence-electron chi connectivity index (χ2n) is 11.0. The van der Waals surface area contributed by atoms with Gasteiger partial charge in [0.2, 0.25) is 5.91 Å². The van der Waals surface area contributed by atoms with Crippen molar-refractivity contribution in [3.8, 4) is 11.5 Å². The molecule has 0 saturated heterocycles. The molecule has 0 radical (unpaired) electrons. The molecule has 0 atom stereocenters. The molecule has 0 aromatic heterocycles. The highest BCUT2D eigenvalue weighted by Crippen LogP contribution is 2.37. The number of nitrogens with one attached hydrogen (secondary N) is 2. The minimum atomic E-state index is -0.622. The Morgan fingerprint density at radius 3 is 2.42 bits per heavy atom. The fourth-order valence-electron chi connectivity index (χ4n) is 4.53. The van der Waals surface area contributed by atoms with Crippen molar-refractivity contribution >= 4 is 29.1 Å². The summed E-state index contributed by atoms with van der Waals surface area (Å²) in [5.74, 6) is 0.654. The molecule has 218 valence electrons. The van der Waals surface area contributed by atoms with Crippen LogP contribution in [-0.2, 0) is 9.53 Å². The number of hydrogen-bond acceptors (Lipinski definition) is 8. The lowest BCUT2D eigenvalue weighted by molar-refractivity contribution is -0.385. The quantitative estimate of drug-likeness (QED) is 0.279. The van der Waals surface area contributed by atoms with E-state index < -0.39 is 16.6 Å². The van der Waals surface area contributed by atoms with Gasteiger partial charge in [0.1, 0.15) is 23.6 Å². The molecule has 11 nitrogen and oxygen atoms in total. The Hall–Kier alpha value is -4.02. The third-order valence-corrected chi connectivity index (χ3v) is 6.70. The van der Waals surface area contributed by atoms with Crippen LogP contribution in [0.4, 0.5) is 21.9 Å². The van der Waals surface area contributed by atoms with E-state index in [-0.39, 0.29) is 42.5 Å². The minimum Gasteiger partial charge on any atom is -0.496 e. The van der Waals surface area contributed by atoms with E-state index in [1.54, 1.807) is 47.1 Å². The molecule has 1 saturated carbocycles. The number of rotatable bonds is 10. The van der Waals surface area contributed by atoms with Gasteiger partial charge in [0.25, 0.3) is 0 Å². The minimum absolute atomic E-state index is 0.0178. The highest BCUT2D eigenvalue weighted by Gasteiger charge is 2.29. The fourth-order valence-corrected chi connectivity index (χ4v) is 4.53. The van der Waals surface area contributed by atoms with Crippen molar-refractivity contribution in [2.45, 2.75) is 65.0 Å². The van der Waals surface area contributed by atoms with Gasteiger partial charge in [-0.15, -0.1) is 0 Å². The highest BCUT2D eigenvalue weighted by molar-refractivity contribution is 5.92. The smallest absolute Gasteiger partial charge is 0.410 e. The molecule has 40 heavy (non-hydrogen) atoms. The first-order valence-electron chi connectivity index (χ1n) is 13.4. The van der Waals surface area contributed by atoms with Crippen LogP contribution in [0.5, 0.6) is 11.5 Å². The van der Waals surface area contributed by atoms with E-state index in [9.17, 15) is 19.7 Å². The van der Waals surface area contributed by atoms with Crippen molar-refractivity contribution in [1.29, 1.82) is 0 Å². The van der Waals surface area contributed by atoms with Gasteiger partial charge in [-0.1, -0.05) is 12.1 Å². The zero-order valence-electron chi connectivity index (χ0n) is 24.1. The Bertz CT molecular complexity index is 1200. The molecule has 0 heterocycles. The van der Waals surface area contributed by atoms with Crippen LogP contribution < -0.4 is 20.1 Å². The number of carbonyl (C=O) groups is 2. The number of amides is 2. The lowest BCUT2D eigenvalue weighted by atomic mass is 9.85. The molecular weight excluding hydrogens is 516 g/mol. The zero-order chi connectivity index (χ0) is 29.4. The lowest BCUT2D eigenvalue weighted by Crippen LogP contribution is -2.36. The Labute approximate surface area is 235 Å². The molecule has 1 aliphatic rings. The first kappa shape index (κ1) is 30.5. The molecule has 0 aliphatic heterocycles. The van der Waals surface area contributed by atoms with E-state index in [2.05, 4.69) is 10.6 Å². The summed E-state index contributed by atoms with van der Waals surface area (Å²) >= 11 is 0. The van der Waals surface area contributed by atoms with Gasteiger partial charge in [0.15, 0.2) is 5.75 Å². The zero-order valence-corrected chi connectivity index (χ0v) is 24.1. The van der Waals surface area contributed by atoms with Crippen LogP contribution in [0.15, 0.2) is 36.4 Å². The molecule has 0 bridgehead atoms. The van der Waals surface area contributed by atoms with Gasteiger partial charge >= 0.3 is 11.8 Å². The van der Waals surface area contributed by atoms with Crippen LogP contribution in [0, 0.1) is 23.0 Å². The maximum Gasteiger partial charge on any atom is 0.410 e. The van der Waals surface area contributed by atoms with Crippen molar-refractivity contribution in [3.63, 3.8) is 0 Å². The summed E-state index contributed by atoms with van der Waals surface area (Å²) < 4.78 is 16.4. The fraction of sp³-hybridized carbons (Fsp3) is 0.517. The van der Waals surface area contributed by atoms with Crippen molar-refractivity contribution < 1.29 is 28.7 Å². The summed E-state index contributed by atoms with van der Waals surface area (Å²) in [6.45, 7) is 7.54. The van der Waals surface area contributed by atoms with Crippen molar-refractivity contribution in [3.05, 3.63) is 52.1 Å². The Kier molecular flexibility index (Phi) is 10.2. The number of anilines is 2. The van der Waals surface area contributed by atoms with E-state index in [4.69, 9.17) is 14.2 Å². The second-order valence-corrected chi connectivity index (χ2v) is 11.0. The molecule has 1 fully saturated rings. The Morgan fingerprint density at radius 1 is 1.10 bits per heavy atom. The van der Waals surface area contributed by atoms with Crippen LogP contribution in [-0.4, -0.2) is 60.8 Å². The SMILES string of the molecule is COc1cc(NC(=O)C2CCC(Nc3cccc(OCCN(C)C(=O)OC(C)(C)C)c3[N+](=O)[O-])CC2)ccc1C. The van der Waals surface area contributed by atoms with Gasteiger partial charge < -0.3 is 29.7 Å². The first-order chi connectivity index (χ1) is 18.9. The van der Waals surface area contributed by atoms with Gasteiger partial charge in [-0.25, -0.2) is 4.79 Å². The first-order valence-corrected chi connectivity index (χ1v) is 13.4. The molecule has 2 N–H and O–H groups in total. The van der Waals surface area contributed by atoms with E-state index in [0.717, 1.165) is 5.56 Å². The van der Waals surface area contributed by atoms with Gasteiger partial charge in [-0.2, -0.15) is 0 Å². The number of ether oxygens (including phenoxy) is 3.